The summed E-state index contributed by atoms with van der Waals surface area (Å²) in [5.74, 6) is -0.645. The van der Waals surface area contributed by atoms with Crippen LogP contribution in [0, 0.1) is 0 Å². The number of carbonyl (C=O) groups excluding carboxylic acids is 1. The van der Waals surface area contributed by atoms with Crippen LogP contribution < -0.4 is 11.1 Å². The van der Waals surface area contributed by atoms with Crippen molar-refractivity contribution in [1.82, 2.24) is 10.2 Å². The molecule has 3 rings (SSSR count). The number of nitrogens with two attached hydrogens (primary N) is 1. The van der Waals surface area contributed by atoms with Crippen LogP contribution in [0.4, 0.5) is 18.9 Å². The van der Waals surface area contributed by atoms with Gasteiger partial charge in [0.05, 0.1) is 16.3 Å². The Hall–Kier alpha value is -1.96. The molecule has 1 aliphatic heterocycles. The van der Waals surface area contributed by atoms with Crippen molar-refractivity contribution < 1.29 is 18.0 Å². The number of nitrogen functional groups attached to an aromatic ring is 1. The van der Waals surface area contributed by atoms with Gasteiger partial charge in [-0.15, -0.1) is 12.4 Å². The van der Waals surface area contributed by atoms with Gasteiger partial charge in [-0.05, 0) is 49.7 Å². The predicted octanol–water partition coefficient (Wildman–Crippen LogP) is 5.45. The number of rotatable bonds is 4. The summed E-state index contributed by atoms with van der Waals surface area (Å²) >= 11 is 5.78. The molecular weight excluding hydrogens is 438 g/mol. The van der Waals surface area contributed by atoms with Crippen molar-refractivity contribution >= 4 is 35.6 Å². The molecule has 0 saturated carbocycles. The lowest BCUT2D eigenvalue weighted by atomic mass is 9.95. The molecule has 1 fully saturated rings. The lowest BCUT2D eigenvalue weighted by molar-refractivity contribution is -0.136. The molecule has 1 amide bonds. The van der Waals surface area contributed by atoms with Crippen LogP contribution in [0.1, 0.15) is 52.4 Å². The van der Waals surface area contributed by atoms with Gasteiger partial charge in [-0.25, -0.2) is 0 Å². The van der Waals surface area contributed by atoms with Gasteiger partial charge in [0.1, 0.15) is 0 Å². The Morgan fingerprint density at radius 2 is 1.90 bits per heavy atom. The fraction of sp³-hybridized carbons (Fsp3) is 0.381. The van der Waals surface area contributed by atoms with E-state index < -0.39 is 23.3 Å². The van der Waals surface area contributed by atoms with E-state index in [9.17, 15) is 18.0 Å². The zero-order valence-electron chi connectivity index (χ0n) is 16.4. The Bertz CT molecular complexity index is 888. The molecule has 0 unspecified atom stereocenters. The Kier molecular flexibility index (Phi) is 8.02. The fourth-order valence-electron chi connectivity index (χ4n) is 3.62. The maximum absolute atomic E-state index is 13.1. The second kappa shape index (κ2) is 9.90. The summed E-state index contributed by atoms with van der Waals surface area (Å²) in [6.45, 7) is 1.27. The number of anilines is 1. The summed E-state index contributed by atoms with van der Waals surface area (Å²) in [6.07, 6.45) is -1.16. The van der Waals surface area contributed by atoms with Crippen molar-refractivity contribution in [3.05, 3.63) is 63.7 Å². The topological polar surface area (TPSA) is 58.4 Å². The van der Waals surface area contributed by atoms with Crippen LogP contribution in [-0.4, -0.2) is 24.4 Å². The number of nitrogens with zero attached hydrogens (tertiary/aromatic N) is 1. The lowest BCUT2D eigenvalue weighted by Gasteiger charge is -2.32. The van der Waals surface area contributed by atoms with E-state index in [-0.39, 0.29) is 29.5 Å². The molecule has 1 heterocycles. The Labute approximate surface area is 185 Å². The second-order valence-electron chi connectivity index (χ2n) is 7.33. The summed E-state index contributed by atoms with van der Waals surface area (Å²) < 4.78 is 39.2. The molecular formula is C21H24Cl2F3N3O. The number of hydrogen-bond donors (Lipinski definition) is 2. The van der Waals surface area contributed by atoms with Crippen molar-refractivity contribution in [2.75, 3.05) is 19.3 Å². The third-order valence-corrected chi connectivity index (χ3v) is 5.60. The van der Waals surface area contributed by atoms with E-state index in [1.807, 2.05) is 24.3 Å². The van der Waals surface area contributed by atoms with E-state index in [0.717, 1.165) is 30.7 Å². The highest BCUT2D eigenvalue weighted by Crippen LogP contribution is 2.37. The monoisotopic (exact) mass is 461 g/mol. The standard InChI is InChI=1S/C21H23ClF3N3O.ClH/c1-28-9-3-2-4-18(28)14-7-5-13(6-8-14)12-27-20(29)15-10-16(21(23,24)25)19(26)17(22)11-15;/h5-8,10-11,18H,2-4,9,12,26H2,1H3,(H,27,29);1H/t18-;/m1./s1. The van der Waals surface area contributed by atoms with Gasteiger partial charge in [0.2, 0.25) is 0 Å². The van der Waals surface area contributed by atoms with Crippen LogP contribution in [0.15, 0.2) is 36.4 Å². The third-order valence-electron chi connectivity index (χ3n) is 5.29. The van der Waals surface area contributed by atoms with E-state index in [4.69, 9.17) is 17.3 Å². The molecule has 1 saturated heterocycles. The number of alkyl halides is 3. The first-order chi connectivity index (χ1) is 13.7. The summed E-state index contributed by atoms with van der Waals surface area (Å²) in [7, 11) is 2.12. The smallest absolute Gasteiger partial charge is 0.397 e. The second-order valence-corrected chi connectivity index (χ2v) is 7.74. The highest BCUT2D eigenvalue weighted by atomic mass is 35.5. The predicted molar refractivity (Wildman–Crippen MR) is 115 cm³/mol. The van der Waals surface area contributed by atoms with Gasteiger partial charge < -0.3 is 11.1 Å². The minimum absolute atomic E-state index is 0. The first-order valence-electron chi connectivity index (χ1n) is 9.40. The van der Waals surface area contributed by atoms with E-state index in [1.54, 1.807) is 0 Å². The number of carbonyl (C=O) groups is 1. The minimum Gasteiger partial charge on any atom is -0.397 e. The maximum Gasteiger partial charge on any atom is 0.418 e. The molecule has 0 bridgehead atoms. The van der Waals surface area contributed by atoms with E-state index >= 15 is 0 Å². The lowest BCUT2D eigenvalue weighted by Crippen LogP contribution is -2.29. The summed E-state index contributed by atoms with van der Waals surface area (Å²) in [4.78, 5) is 14.7. The Morgan fingerprint density at radius 1 is 1.23 bits per heavy atom. The largest absolute Gasteiger partial charge is 0.418 e. The average molecular weight is 462 g/mol. The van der Waals surface area contributed by atoms with Crippen molar-refractivity contribution in [2.45, 2.75) is 38.0 Å². The zero-order chi connectivity index (χ0) is 21.2. The van der Waals surface area contributed by atoms with Crippen LogP contribution in [-0.2, 0) is 12.7 Å². The van der Waals surface area contributed by atoms with Gasteiger partial charge in [0, 0.05) is 18.2 Å². The van der Waals surface area contributed by atoms with Crippen LogP contribution in [0.2, 0.25) is 5.02 Å². The van der Waals surface area contributed by atoms with Crippen LogP contribution in [0.5, 0.6) is 0 Å². The number of benzene rings is 2. The molecule has 0 radical (unpaired) electrons. The van der Waals surface area contributed by atoms with E-state index in [0.29, 0.717) is 6.04 Å². The number of nitrogens with one attached hydrogen (secondary N) is 1. The first-order valence-corrected chi connectivity index (χ1v) is 9.78. The molecule has 164 valence electrons. The highest BCUT2D eigenvalue weighted by molar-refractivity contribution is 6.33. The van der Waals surface area contributed by atoms with Gasteiger partial charge in [0.15, 0.2) is 0 Å². The zero-order valence-corrected chi connectivity index (χ0v) is 18.0. The van der Waals surface area contributed by atoms with Crippen molar-refractivity contribution in [2.24, 2.45) is 0 Å². The molecule has 0 aliphatic carbocycles. The number of piperidine rings is 1. The van der Waals surface area contributed by atoms with Gasteiger partial charge in [-0.2, -0.15) is 13.2 Å². The Morgan fingerprint density at radius 3 is 2.50 bits per heavy atom. The van der Waals surface area contributed by atoms with Crippen LogP contribution in [0.3, 0.4) is 0 Å². The molecule has 1 aliphatic rings. The van der Waals surface area contributed by atoms with Crippen molar-refractivity contribution in [3.63, 3.8) is 0 Å². The van der Waals surface area contributed by atoms with Gasteiger partial charge in [0.25, 0.3) is 5.91 Å². The molecule has 4 nitrogen and oxygen atoms in total. The summed E-state index contributed by atoms with van der Waals surface area (Å²) in [6, 6.07) is 10.2. The van der Waals surface area contributed by atoms with Gasteiger partial charge in [-0.3, -0.25) is 9.69 Å². The number of hydrogen-bond acceptors (Lipinski definition) is 3. The van der Waals surface area contributed by atoms with Gasteiger partial charge in [-0.1, -0.05) is 42.3 Å². The normalized spacial score (nSPS) is 17.3. The molecule has 0 spiro atoms. The van der Waals surface area contributed by atoms with Crippen molar-refractivity contribution in [1.29, 1.82) is 0 Å². The minimum atomic E-state index is -4.69. The number of halogens is 5. The summed E-state index contributed by atoms with van der Waals surface area (Å²) in [5.41, 5.74) is 5.60. The quantitative estimate of drug-likeness (QED) is 0.595. The van der Waals surface area contributed by atoms with E-state index in [2.05, 4.69) is 17.3 Å². The first kappa shape index (κ1) is 24.3. The van der Waals surface area contributed by atoms with Gasteiger partial charge >= 0.3 is 6.18 Å². The molecule has 9 heteroatoms. The number of likely N-dealkylation sites (tertiary alicyclic amines) is 1. The van der Waals surface area contributed by atoms with Crippen LogP contribution in [0.25, 0.3) is 0 Å². The molecule has 2 aromatic carbocycles. The summed E-state index contributed by atoms with van der Waals surface area (Å²) in [5, 5.41) is 2.33. The molecule has 30 heavy (non-hydrogen) atoms. The maximum atomic E-state index is 13.1. The highest BCUT2D eigenvalue weighted by Gasteiger charge is 2.34. The average Bonchev–Trinajstić information content (AvgIpc) is 2.68. The van der Waals surface area contributed by atoms with Crippen molar-refractivity contribution in [3.8, 4) is 0 Å². The molecule has 0 aromatic heterocycles. The third kappa shape index (κ3) is 5.59. The SMILES string of the molecule is CN1CCCC[C@@H]1c1ccc(CNC(=O)c2cc(Cl)c(N)c(C(F)(F)F)c2)cc1.Cl. The molecule has 1 atom stereocenters. The number of amides is 1. The fourth-order valence-corrected chi connectivity index (χ4v) is 3.84. The van der Waals surface area contributed by atoms with Crippen LogP contribution >= 0.6 is 24.0 Å². The molecule has 2 aromatic rings. The van der Waals surface area contributed by atoms with E-state index in [1.165, 1.54) is 18.4 Å². The Balaban J connectivity index is 0.00000320. The molecule has 3 N–H and O–H groups in total.